The van der Waals surface area contributed by atoms with Crippen LogP contribution < -0.4 is 11.1 Å². The van der Waals surface area contributed by atoms with Crippen molar-refractivity contribution in [3.63, 3.8) is 0 Å². The molecule has 0 aliphatic rings. The summed E-state index contributed by atoms with van der Waals surface area (Å²) in [5.74, 6) is -0.817. The predicted molar refractivity (Wildman–Crippen MR) is 201 cm³/mol. The monoisotopic (exact) mass is 704 g/mol. The Hall–Kier alpha value is -3.02. The molecular formula is C39H69N5O6. The number of unbranched alkanes of at least 4 members (excludes halogenated alkanes) is 2. The normalized spacial score (nSPS) is 12.5. The van der Waals surface area contributed by atoms with E-state index in [1.54, 1.807) is 0 Å². The summed E-state index contributed by atoms with van der Waals surface area (Å²) in [5.41, 5.74) is 7.40. The zero-order valence-corrected chi connectivity index (χ0v) is 32.5. The highest BCUT2D eigenvalue weighted by Crippen LogP contribution is 2.23. The van der Waals surface area contributed by atoms with Crippen molar-refractivity contribution in [1.82, 2.24) is 20.0 Å². The van der Waals surface area contributed by atoms with Gasteiger partial charge in [-0.1, -0.05) is 57.5 Å². The van der Waals surface area contributed by atoms with Crippen molar-refractivity contribution in [1.29, 1.82) is 0 Å². The summed E-state index contributed by atoms with van der Waals surface area (Å²) in [7, 11) is 4.05. The number of hydrogen-bond donors (Lipinski definition) is 3. The van der Waals surface area contributed by atoms with E-state index in [-0.39, 0.29) is 28.6 Å². The largest absolute Gasteiger partial charge is 0.480 e. The number of ether oxygens (including phenoxy) is 1. The Balaban J connectivity index is 2.55. The third kappa shape index (κ3) is 20.6. The van der Waals surface area contributed by atoms with Crippen LogP contribution in [0.25, 0.3) is 0 Å². The van der Waals surface area contributed by atoms with Crippen LogP contribution in [0.1, 0.15) is 104 Å². The summed E-state index contributed by atoms with van der Waals surface area (Å²) in [5, 5.41) is 11.7. The molecular weight excluding hydrogens is 634 g/mol. The lowest BCUT2D eigenvalue weighted by Gasteiger charge is -2.35. The minimum atomic E-state index is -1.01. The predicted octanol–water partition coefficient (Wildman–Crippen LogP) is 4.88. The molecule has 1 atom stereocenters. The molecule has 0 bridgehead atoms. The SMILES string of the molecule is CCN(CC(C)(C)COCC(C)(C)CN(CCCN(C)C)C(=O)CCCCC(=O)NCCCCC(N)C(=O)O)C(=O)CCc1ccc(C)cc1. The number of benzene rings is 1. The van der Waals surface area contributed by atoms with Gasteiger partial charge < -0.3 is 35.6 Å². The van der Waals surface area contributed by atoms with Crippen LogP contribution in [0.4, 0.5) is 0 Å². The maximum absolute atomic E-state index is 13.4. The average Bonchev–Trinajstić information content (AvgIpc) is 3.03. The number of nitrogens with two attached hydrogens (primary N) is 1. The van der Waals surface area contributed by atoms with Gasteiger partial charge in [0.05, 0.1) is 13.2 Å². The molecule has 286 valence electrons. The topological polar surface area (TPSA) is 146 Å². The lowest BCUT2D eigenvalue weighted by atomic mass is 9.91. The van der Waals surface area contributed by atoms with Gasteiger partial charge in [-0.2, -0.15) is 0 Å². The smallest absolute Gasteiger partial charge is 0.320 e. The highest BCUT2D eigenvalue weighted by atomic mass is 16.5. The molecule has 11 heteroatoms. The van der Waals surface area contributed by atoms with Crippen molar-refractivity contribution >= 4 is 23.7 Å². The second-order valence-corrected chi connectivity index (χ2v) is 15.7. The minimum Gasteiger partial charge on any atom is -0.480 e. The molecule has 4 N–H and O–H groups in total. The number of hydrogen-bond acceptors (Lipinski definition) is 7. The zero-order valence-electron chi connectivity index (χ0n) is 32.5. The van der Waals surface area contributed by atoms with E-state index in [0.717, 1.165) is 19.4 Å². The Kier molecular flexibility index (Phi) is 21.1. The van der Waals surface area contributed by atoms with E-state index in [1.165, 1.54) is 11.1 Å². The van der Waals surface area contributed by atoms with Crippen molar-refractivity contribution in [2.45, 2.75) is 112 Å². The summed E-state index contributed by atoms with van der Waals surface area (Å²) >= 11 is 0. The Morgan fingerprint density at radius 2 is 1.40 bits per heavy atom. The first-order valence-corrected chi connectivity index (χ1v) is 18.5. The van der Waals surface area contributed by atoms with Crippen molar-refractivity contribution < 1.29 is 29.0 Å². The van der Waals surface area contributed by atoms with Crippen LogP contribution in [0.15, 0.2) is 24.3 Å². The Bertz CT molecular complexity index is 1150. The fourth-order valence-electron chi connectivity index (χ4n) is 5.79. The maximum atomic E-state index is 13.4. The quantitative estimate of drug-likeness (QED) is 0.110. The van der Waals surface area contributed by atoms with E-state index in [9.17, 15) is 19.2 Å². The molecule has 0 radical (unpaired) electrons. The maximum Gasteiger partial charge on any atom is 0.320 e. The number of carboxylic acids is 1. The molecule has 3 amide bonds. The molecule has 1 rings (SSSR count). The van der Waals surface area contributed by atoms with Gasteiger partial charge in [-0.3, -0.25) is 19.2 Å². The molecule has 1 unspecified atom stereocenters. The van der Waals surface area contributed by atoms with Crippen molar-refractivity contribution in [2.75, 3.05) is 66.6 Å². The van der Waals surface area contributed by atoms with E-state index in [2.05, 4.69) is 69.1 Å². The van der Waals surface area contributed by atoms with Crippen LogP contribution in [0.3, 0.4) is 0 Å². The van der Waals surface area contributed by atoms with Crippen LogP contribution in [0, 0.1) is 17.8 Å². The standard InChI is InChI=1S/C39H69N5O6/c1-9-43(36(47)23-22-32-20-18-31(2)19-21-32)27-38(3,4)29-50-30-39(5,6)28-44(26-14-25-42(7)8)35(46)17-11-10-16-34(45)41-24-13-12-15-33(40)37(48)49/h18-21,33H,9-17,22-30,40H2,1-8H3,(H,41,45)(H,48,49). The summed E-state index contributed by atoms with van der Waals surface area (Å²) in [4.78, 5) is 55.5. The van der Waals surface area contributed by atoms with Gasteiger partial charge in [0.2, 0.25) is 17.7 Å². The molecule has 0 saturated carbocycles. The lowest BCUT2D eigenvalue weighted by Crippen LogP contribution is -2.43. The Morgan fingerprint density at radius 3 is 1.98 bits per heavy atom. The van der Waals surface area contributed by atoms with Gasteiger partial charge in [-0.05, 0) is 85.0 Å². The number of amides is 3. The highest BCUT2D eigenvalue weighted by Gasteiger charge is 2.28. The number of aryl methyl sites for hydroxylation is 2. The van der Waals surface area contributed by atoms with Crippen LogP contribution in [-0.2, 0) is 30.3 Å². The highest BCUT2D eigenvalue weighted by molar-refractivity contribution is 5.77. The first-order chi connectivity index (χ1) is 23.4. The lowest BCUT2D eigenvalue weighted by molar-refractivity contribution is -0.139. The third-order valence-corrected chi connectivity index (χ3v) is 8.72. The van der Waals surface area contributed by atoms with E-state index in [4.69, 9.17) is 15.6 Å². The zero-order chi connectivity index (χ0) is 37.7. The number of carbonyl (C=O) groups excluding carboxylic acids is 3. The number of aliphatic carboxylic acids is 1. The molecule has 0 aromatic heterocycles. The van der Waals surface area contributed by atoms with E-state index >= 15 is 0 Å². The number of rotatable bonds is 27. The molecule has 0 spiro atoms. The second kappa shape index (κ2) is 23.5. The minimum absolute atomic E-state index is 0.0577. The van der Waals surface area contributed by atoms with E-state index < -0.39 is 12.0 Å². The van der Waals surface area contributed by atoms with Gasteiger partial charge in [0.15, 0.2) is 0 Å². The second-order valence-electron chi connectivity index (χ2n) is 15.7. The van der Waals surface area contributed by atoms with Crippen molar-refractivity contribution in [3.8, 4) is 0 Å². The number of nitrogens with zero attached hydrogens (tertiary/aromatic N) is 3. The third-order valence-electron chi connectivity index (χ3n) is 8.72. The van der Waals surface area contributed by atoms with Crippen LogP contribution >= 0.6 is 0 Å². The van der Waals surface area contributed by atoms with Crippen LogP contribution in [0.5, 0.6) is 0 Å². The molecule has 11 nitrogen and oxygen atoms in total. The van der Waals surface area contributed by atoms with Gasteiger partial charge >= 0.3 is 5.97 Å². The van der Waals surface area contributed by atoms with Gasteiger partial charge in [0.25, 0.3) is 0 Å². The van der Waals surface area contributed by atoms with Crippen LogP contribution in [-0.4, -0.2) is 116 Å². The molecule has 0 saturated heterocycles. The van der Waals surface area contributed by atoms with E-state index in [1.807, 2.05) is 30.8 Å². The van der Waals surface area contributed by atoms with Gasteiger partial charge in [-0.15, -0.1) is 0 Å². The van der Waals surface area contributed by atoms with Crippen molar-refractivity contribution in [3.05, 3.63) is 35.4 Å². The van der Waals surface area contributed by atoms with Gasteiger partial charge in [0, 0.05) is 62.8 Å². The molecule has 0 aliphatic carbocycles. The number of nitrogens with one attached hydrogen (secondary N) is 1. The van der Waals surface area contributed by atoms with Gasteiger partial charge in [0.1, 0.15) is 6.04 Å². The summed E-state index contributed by atoms with van der Waals surface area (Å²) < 4.78 is 6.29. The molecule has 0 fully saturated rings. The summed E-state index contributed by atoms with van der Waals surface area (Å²) in [6.07, 6.45) is 5.78. The fourth-order valence-corrected chi connectivity index (χ4v) is 5.79. The average molecular weight is 704 g/mol. The number of carboxylic acid groups (broad SMARTS) is 1. The molecule has 0 heterocycles. The summed E-state index contributed by atoms with van der Waals surface area (Å²) in [6.45, 7) is 17.5. The number of carbonyl (C=O) groups is 4. The molecule has 1 aromatic rings. The fraction of sp³-hybridized carbons (Fsp3) is 0.744. The molecule has 0 aliphatic heterocycles. The van der Waals surface area contributed by atoms with Crippen molar-refractivity contribution in [2.24, 2.45) is 16.6 Å². The molecule has 1 aromatic carbocycles. The molecule has 50 heavy (non-hydrogen) atoms. The van der Waals surface area contributed by atoms with E-state index in [0.29, 0.717) is 97.3 Å². The first kappa shape index (κ1) is 45.0. The van der Waals surface area contributed by atoms with Crippen LogP contribution in [0.2, 0.25) is 0 Å². The summed E-state index contributed by atoms with van der Waals surface area (Å²) in [6, 6.07) is 7.48. The Labute approximate surface area is 302 Å². The Morgan fingerprint density at radius 1 is 0.820 bits per heavy atom. The van der Waals surface area contributed by atoms with Gasteiger partial charge in [-0.25, -0.2) is 0 Å². The first-order valence-electron chi connectivity index (χ1n) is 18.5.